The van der Waals surface area contributed by atoms with Crippen LogP contribution in [0.2, 0.25) is 5.02 Å². The number of nitrogens with one attached hydrogen (secondary N) is 1. The summed E-state index contributed by atoms with van der Waals surface area (Å²) in [5.41, 5.74) is 2.84. The van der Waals surface area contributed by atoms with Crippen LogP contribution in [0.3, 0.4) is 0 Å². The van der Waals surface area contributed by atoms with Crippen LogP contribution in [0.5, 0.6) is 5.88 Å². The molecule has 35 heavy (non-hydrogen) atoms. The second-order valence-electron chi connectivity index (χ2n) is 9.01. The van der Waals surface area contributed by atoms with Gasteiger partial charge < -0.3 is 9.46 Å². The van der Waals surface area contributed by atoms with Gasteiger partial charge in [0.15, 0.2) is 0 Å². The first-order valence-electron chi connectivity index (χ1n) is 11.9. The van der Waals surface area contributed by atoms with Crippen LogP contribution in [-0.2, 0) is 6.54 Å². The largest absolute Gasteiger partial charge is 0.480 e. The van der Waals surface area contributed by atoms with Crippen molar-refractivity contribution in [2.75, 3.05) is 38.0 Å². The molecule has 0 amide bonds. The fourth-order valence-electron chi connectivity index (χ4n) is 4.55. The van der Waals surface area contributed by atoms with Gasteiger partial charge in [0.05, 0.1) is 22.7 Å². The van der Waals surface area contributed by atoms with Crippen molar-refractivity contribution in [1.82, 2.24) is 19.8 Å². The molecule has 1 aliphatic heterocycles. The minimum Gasteiger partial charge on any atom is -0.480 e. The molecule has 3 aromatic rings. The lowest BCUT2D eigenvalue weighted by molar-refractivity contribution is 0.0587. The van der Waals surface area contributed by atoms with E-state index in [2.05, 4.69) is 24.5 Å². The van der Waals surface area contributed by atoms with Crippen molar-refractivity contribution in [3.63, 3.8) is 0 Å². The van der Waals surface area contributed by atoms with Crippen LogP contribution in [-0.4, -0.2) is 59.1 Å². The van der Waals surface area contributed by atoms with Gasteiger partial charge in [-0.3, -0.25) is 14.8 Å². The highest BCUT2D eigenvalue weighted by Crippen LogP contribution is 2.32. The molecule has 9 heteroatoms. The van der Waals surface area contributed by atoms with Gasteiger partial charge >= 0.3 is 0 Å². The Morgan fingerprint density at radius 1 is 1.11 bits per heavy atom. The van der Waals surface area contributed by atoms with Crippen LogP contribution in [0, 0.1) is 5.82 Å². The number of rotatable bonds is 8. The van der Waals surface area contributed by atoms with E-state index in [1.54, 1.807) is 25.4 Å². The third-order valence-corrected chi connectivity index (χ3v) is 7.79. The molecule has 5 rings (SSSR count). The molecule has 1 aromatic carbocycles. The summed E-state index contributed by atoms with van der Waals surface area (Å²) >= 11 is 7.39. The van der Waals surface area contributed by atoms with E-state index < -0.39 is 0 Å². The zero-order valence-corrected chi connectivity index (χ0v) is 21.3. The summed E-state index contributed by atoms with van der Waals surface area (Å²) in [7, 11) is 1.56. The van der Waals surface area contributed by atoms with Crippen molar-refractivity contribution in [3.8, 4) is 17.1 Å². The third kappa shape index (κ3) is 5.89. The second kappa shape index (κ2) is 11.1. The number of hydrogen-bond donors (Lipinski definition) is 1. The highest BCUT2D eigenvalue weighted by molar-refractivity contribution is 8.00. The van der Waals surface area contributed by atoms with Crippen molar-refractivity contribution in [2.45, 2.75) is 36.7 Å². The molecule has 1 aliphatic carbocycles. The monoisotopic (exact) mass is 513 g/mol. The number of pyridine rings is 2. The molecule has 3 heterocycles. The van der Waals surface area contributed by atoms with Crippen LogP contribution in [0.1, 0.15) is 24.8 Å². The van der Waals surface area contributed by atoms with E-state index in [1.165, 1.54) is 37.4 Å². The Labute approximate surface area is 215 Å². The topological polar surface area (TPSA) is 53.5 Å². The highest BCUT2D eigenvalue weighted by Gasteiger charge is 2.27. The van der Waals surface area contributed by atoms with E-state index in [0.29, 0.717) is 22.2 Å². The Morgan fingerprint density at radius 2 is 1.94 bits per heavy atom. The lowest BCUT2D eigenvalue weighted by Crippen LogP contribution is -2.51. The van der Waals surface area contributed by atoms with Crippen molar-refractivity contribution in [2.24, 2.45) is 0 Å². The number of halogens is 2. The van der Waals surface area contributed by atoms with Gasteiger partial charge in [0.25, 0.3) is 0 Å². The summed E-state index contributed by atoms with van der Waals surface area (Å²) in [6, 6.07) is 11.7. The van der Waals surface area contributed by atoms with Crippen LogP contribution < -0.4 is 9.46 Å². The number of hydrogen-bond acceptors (Lipinski definition) is 7. The molecular formula is C26H29ClFN5OS. The van der Waals surface area contributed by atoms with Gasteiger partial charge in [-0.1, -0.05) is 24.1 Å². The quantitative estimate of drug-likeness (QED) is 0.386. The minimum absolute atomic E-state index is 0.256. The van der Waals surface area contributed by atoms with E-state index in [-0.39, 0.29) is 5.82 Å². The maximum absolute atomic E-state index is 15.1. The second-order valence-corrected chi connectivity index (χ2v) is 10.3. The molecule has 2 fully saturated rings. The molecular weight excluding hydrogens is 485 g/mol. The fraction of sp³-hybridized carbons (Fsp3) is 0.385. The molecule has 0 radical (unpaired) electrons. The molecule has 6 nitrogen and oxygen atoms in total. The van der Waals surface area contributed by atoms with Crippen LogP contribution in [0.4, 0.5) is 10.1 Å². The highest BCUT2D eigenvalue weighted by atomic mass is 35.5. The molecule has 1 saturated carbocycles. The van der Waals surface area contributed by atoms with Gasteiger partial charge in [-0.2, -0.15) is 0 Å². The van der Waals surface area contributed by atoms with E-state index in [4.69, 9.17) is 16.3 Å². The predicted octanol–water partition coefficient (Wildman–Crippen LogP) is 5.73. The van der Waals surface area contributed by atoms with E-state index in [9.17, 15) is 0 Å². The number of ether oxygens (including phenoxy) is 1. The van der Waals surface area contributed by atoms with Crippen LogP contribution in [0.25, 0.3) is 11.3 Å². The van der Waals surface area contributed by atoms with Crippen LogP contribution >= 0.6 is 23.5 Å². The standard InChI is InChI=1S/C26H29ClFN5OS/c1-34-26-25(14-19(27)16-30-26)35-31-20-7-8-29-24(15-20)22-6-5-18(13-23(22)28)17-32-9-11-33(12-10-32)21-3-2-4-21/h5-8,13-16,21H,2-4,9-12,17H2,1H3,(H,29,31). The van der Waals surface area contributed by atoms with E-state index in [0.717, 1.165) is 54.9 Å². The minimum atomic E-state index is -0.256. The SMILES string of the molecule is COc1ncc(Cl)cc1SNc1ccnc(-c2ccc(CN3CCN(C4CCC4)CC3)cc2F)c1. The molecule has 2 aromatic heterocycles. The smallest absolute Gasteiger partial charge is 0.228 e. The van der Waals surface area contributed by atoms with Gasteiger partial charge in [-0.15, -0.1) is 0 Å². The van der Waals surface area contributed by atoms with Gasteiger partial charge in [0, 0.05) is 62.4 Å². The Hall–Kier alpha value is -2.39. The summed E-state index contributed by atoms with van der Waals surface area (Å²) in [6.07, 6.45) is 7.28. The Kier molecular flexibility index (Phi) is 7.72. The normalized spacial score (nSPS) is 17.2. The lowest BCUT2D eigenvalue weighted by Gasteiger charge is -2.43. The molecule has 2 aliphatic rings. The van der Waals surface area contributed by atoms with E-state index >= 15 is 4.39 Å². The molecule has 0 atom stereocenters. The molecule has 184 valence electrons. The first-order valence-corrected chi connectivity index (χ1v) is 13.1. The van der Waals surface area contributed by atoms with Crippen molar-refractivity contribution in [3.05, 3.63) is 65.2 Å². The summed E-state index contributed by atoms with van der Waals surface area (Å²) in [4.78, 5) is 14.4. The first kappa shape index (κ1) is 24.3. The maximum atomic E-state index is 15.1. The van der Waals surface area contributed by atoms with Gasteiger partial charge in [-0.05, 0) is 60.7 Å². The molecule has 0 unspecified atom stereocenters. The van der Waals surface area contributed by atoms with Gasteiger partial charge in [-0.25, -0.2) is 9.37 Å². The van der Waals surface area contributed by atoms with Gasteiger partial charge in [0.2, 0.25) is 5.88 Å². The summed E-state index contributed by atoms with van der Waals surface area (Å²) in [5.74, 6) is 0.223. The lowest BCUT2D eigenvalue weighted by atomic mass is 9.91. The van der Waals surface area contributed by atoms with Crippen molar-refractivity contribution >= 4 is 29.2 Å². The Balaban J connectivity index is 1.22. The molecule has 0 bridgehead atoms. The predicted molar refractivity (Wildman–Crippen MR) is 139 cm³/mol. The Bertz CT molecular complexity index is 1170. The number of benzene rings is 1. The zero-order valence-electron chi connectivity index (χ0n) is 19.7. The summed E-state index contributed by atoms with van der Waals surface area (Å²) in [6.45, 7) is 5.09. The first-order chi connectivity index (χ1) is 17.1. The number of aromatic nitrogens is 2. The van der Waals surface area contributed by atoms with E-state index in [1.807, 2.05) is 24.3 Å². The zero-order chi connectivity index (χ0) is 24.2. The molecule has 1 N–H and O–H groups in total. The molecule has 0 spiro atoms. The number of piperazine rings is 1. The fourth-order valence-corrected chi connectivity index (χ4v) is 5.54. The third-order valence-electron chi connectivity index (χ3n) is 6.73. The van der Waals surface area contributed by atoms with Crippen molar-refractivity contribution in [1.29, 1.82) is 0 Å². The summed E-state index contributed by atoms with van der Waals surface area (Å²) < 4.78 is 23.6. The summed E-state index contributed by atoms with van der Waals surface area (Å²) in [5, 5.41) is 0.521. The van der Waals surface area contributed by atoms with Crippen molar-refractivity contribution < 1.29 is 9.13 Å². The number of nitrogens with zero attached hydrogens (tertiary/aromatic N) is 4. The number of methoxy groups -OCH3 is 1. The molecule has 1 saturated heterocycles. The average Bonchev–Trinajstić information content (AvgIpc) is 2.83. The Morgan fingerprint density at radius 3 is 2.66 bits per heavy atom. The maximum Gasteiger partial charge on any atom is 0.228 e. The average molecular weight is 514 g/mol. The van der Waals surface area contributed by atoms with Gasteiger partial charge in [0.1, 0.15) is 5.82 Å². The van der Waals surface area contributed by atoms with Crippen LogP contribution in [0.15, 0.2) is 53.7 Å². The number of anilines is 1.